The molecule has 3 N–H and O–H groups in total. The van der Waals surface area contributed by atoms with Gasteiger partial charge < -0.3 is 10.4 Å². The number of aliphatic imine (C=N–C) groups is 1. The largest absolute Gasteiger partial charge is 0.477 e. The summed E-state index contributed by atoms with van der Waals surface area (Å²) in [6, 6.07) is 0.0350. The van der Waals surface area contributed by atoms with Gasteiger partial charge in [-0.2, -0.15) is 0 Å². The van der Waals surface area contributed by atoms with Gasteiger partial charge in [0.05, 0.1) is 29.2 Å². The molecule has 2 heterocycles. The van der Waals surface area contributed by atoms with E-state index in [4.69, 9.17) is 5.11 Å². The fraction of sp³-hybridized carbons (Fsp3) is 0.286. The molecule has 0 saturated carbocycles. The van der Waals surface area contributed by atoms with Gasteiger partial charge in [0.25, 0.3) is 0 Å². The topological polar surface area (TPSA) is 104 Å². The number of guanidine groups is 1. The van der Waals surface area contributed by atoms with Gasteiger partial charge >= 0.3 is 5.97 Å². The number of nitrogens with one attached hydrogen (secondary N) is 2. The predicted molar refractivity (Wildman–Crippen MR) is 82.1 cm³/mol. The molecule has 0 spiro atoms. The Balaban J connectivity index is 1.65. The molecule has 1 aliphatic carbocycles. The van der Waals surface area contributed by atoms with E-state index in [1.165, 1.54) is 0 Å². The third-order valence-electron chi connectivity index (χ3n) is 3.27. The maximum absolute atomic E-state index is 12.1. The molecule has 1 amide bonds. The number of carbonyl (C=O) groups is 2. The lowest BCUT2D eigenvalue weighted by Crippen LogP contribution is -2.42. The van der Waals surface area contributed by atoms with Crippen LogP contribution in [0.1, 0.15) is 20.4 Å². The number of carboxylic acid groups (broad SMARTS) is 1. The summed E-state index contributed by atoms with van der Waals surface area (Å²) in [5.74, 6) is -1.00. The zero-order valence-electron chi connectivity index (χ0n) is 11.7. The molecule has 1 aromatic rings. The second-order valence-corrected chi connectivity index (χ2v) is 6.15. The maximum Gasteiger partial charge on any atom is 0.347 e. The number of rotatable bonds is 3. The van der Waals surface area contributed by atoms with E-state index in [0.717, 1.165) is 11.3 Å². The predicted octanol–water partition coefficient (Wildman–Crippen LogP) is 0.631. The first-order valence-electron chi connectivity index (χ1n) is 6.71. The molecule has 0 fully saturated rings. The SMILES string of the molecule is Cc1nc(CC(=O)NC2=NC3C=CC=CC3N2)c(C(=O)O)s1. The van der Waals surface area contributed by atoms with Crippen LogP contribution in [0.2, 0.25) is 0 Å². The second-order valence-electron chi connectivity index (χ2n) is 4.95. The highest BCUT2D eigenvalue weighted by molar-refractivity contribution is 7.13. The van der Waals surface area contributed by atoms with Gasteiger partial charge in [0.1, 0.15) is 4.88 Å². The van der Waals surface area contributed by atoms with Gasteiger partial charge in [0, 0.05) is 0 Å². The lowest BCUT2D eigenvalue weighted by Gasteiger charge is -2.13. The summed E-state index contributed by atoms with van der Waals surface area (Å²) in [5.41, 5.74) is 0.281. The van der Waals surface area contributed by atoms with Crippen molar-refractivity contribution in [2.75, 3.05) is 0 Å². The minimum atomic E-state index is -1.06. The Morgan fingerprint density at radius 2 is 2.18 bits per heavy atom. The molecule has 0 radical (unpaired) electrons. The molecule has 114 valence electrons. The van der Waals surface area contributed by atoms with Crippen LogP contribution < -0.4 is 10.6 Å². The smallest absolute Gasteiger partial charge is 0.347 e. The highest BCUT2D eigenvalue weighted by Crippen LogP contribution is 2.18. The number of aryl methyl sites for hydroxylation is 1. The van der Waals surface area contributed by atoms with E-state index in [1.54, 1.807) is 6.92 Å². The van der Waals surface area contributed by atoms with E-state index in [9.17, 15) is 9.59 Å². The summed E-state index contributed by atoms with van der Waals surface area (Å²) in [7, 11) is 0. The first-order chi connectivity index (χ1) is 10.5. The van der Waals surface area contributed by atoms with Crippen molar-refractivity contribution in [1.82, 2.24) is 15.6 Å². The van der Waals surface area contributed by atoms with E-state index in [0.29, 0.717) is 11.0 Å². The first kappa shape index (κ1) is 14.5. The normalized spacial score (nSPS) is 22.0. The molecule has 7 nitrogen and oxygen atoms in total. The minimum Gasteiger partial charge on any atom is -0.477 e. The van der Waals surface area contributed by atoms with Crippen molar-refractivity contribution < 1.29 is 14.7 Å². The number of hydrogen-bond acceptors (Lipinski definition) is 6. The number of aromatic nitrogens is 1. The van der Waals surface area contributed by atoms with E-state index in [1.807, 2.05) is 24.3 Å². The second kappa shape index (κ2) is 5.72. The maximum atomic E-state index is 12.1. The van der Waals surface area contributed by atoms with Crippen molar-refractivity contribution in [3.8, 4) is 0 Å². The van der Waals surface area contributed by atoms with Gasteiger partial charge in [-0.15, -0.1) is 11.3 Å². The molecule has 3 rings (SSSR count). The van der Waals surface area contributed by atoms with Crippen LogP contribution in [0, 0.1) is 6.92 Å². The highest BCUT2D eigenvalue weighted by Gasteiger charge is 2.27. The molecule has 8 heteroatoms. The van der Waals surface area contributed by atoms with Gasteiger partial charge in [-0.3, -0.25) is 10.1 Å². The molecule has 22 heavy (non-hydrogen) atoms. The number of allylic oxidation sites excluding steroid dienone is 2. The Kier molecular flexibility index (Phi) is 3.76. The highest BCUT2D eigenvalue weighted by atomic mass is 32.1. The number of thiazole rings is 1. The van der Waals surface area contributed by atoms with Crippen LogP contribution in [-0.4, -0.2) is 40.0 Å². The molecular formula is C14H14N4O3S. The Labute approximate surface area is 130 Å². The zero-order chi connectivity index (χ0) is 15.7. The van der Waals surface area contributed by atoms with E-state index in [-0.39, 0.29) is 35.0 Å². The van der Waals surface area contributed by atoms with Gasteiger partial charge in [-0.1, -0.05) is 24.3 Å². The number of amides is 1. The van der Waals surface area contributed by atoms with E-state index >= 15 is 0 Å². The summed E-state index contributed by atoms with van der Waals surface area (Å²) >= 11 is 1.07. The summed E-state index contributed by atoms with van der Waals surface area (Å²) < 4.78 is 0. The third-order valence-corrected chi connectivity index (χ3v) is 4.27. The monoisotopic (exact) mass is 318 g/mol. The Morgan fingerprint density at radius 1 is 1.41 bits per heavy atom. The fourth-order valence-electron chi connectivity index (χ4n) is 2.35. The lowest BCUT2D eigenvalue weighted by molar-refractivity contribution is -0.119. The Hall–Kier alpha value is -2.48. The molecule has 1 aliphatic heterocycles. The number of carboxylic acids is 1. The fourth-order valence-corrected chi connectivity index (χ4v) is 3.12. The molecule has 0 saturated heterocycles. The van der Waals surface area contributed by atoms with Crippen molar-refractivity contribution in [2.45, 2.75) is 25.4 Å². The average Bonchev–Trinajstić information content (AvgIpc) is 3.01. The number of aromatic carboxylic acids is 1. The van der Waals surface area contributed by atoms with Gasteiger partial charge in [-0.05, 0) is 6.92 Å². The zero-order valence-corrected chi connectivity index (χ0v) is 12.6. The number of nitrogens with zero attached hydrogens (tertiary/aromatic N) is 2. The van der Waals surface area contributed by atoms with Crippen molar-refractivity contribution in [3.63, 3.8) is 0 Å². The third kappa shape index (κ3) is 2.91. The van der Waals surface area contributed by atoms with Crippen LogP contribution >= 0.6 is 11.3 Å². The first-order valence-corrected chi connectivity index (χ1v) is 7.53. The summed E-state index contributed by atoms with van der Waals surface area (Å²) in [5, 5.41) is 15.5. The van der Waals surface area contributed by atoms with Gasteiger partial charge in [0.15, 0.2) is 5.96 Å². The quantitative estimate of drug-likeness (QED) is 0.758. The van der Waals surface area contributed by atoms with Crippen LogP contribution in [0.15, 0.2) is 29.3 Å². The van der Waals surface area contributed by atoms with Crippen LogP contribution in [0.4, 0.5) is 0 Å². The van der Waals surface area contributed by atoms with E-state index in [2.05, 4.69) is 20.6 Å². The lowest BCUT2D eigenvalue weighted by atomic mass is 10.1. The van der Waals surface area contributed by atoms with Crippen molar-refractivity contribution in [2.24, 2.45) is 4.99 Å². The van der Waals surface area contributed by atoms with Crippen molar-refractivity contribution in [3.05, 3.63) is 39.9 Å². The minimum absolute atomic E-state index is 0.0172. The number of fused-ring (bicyclic) bond motifs is 1. The molecule has 2 unspecified atom stereocenters. The number of hydrogen-bond donors (Lipinski definition) is 3. The van der Waals surface area contributed by atoms with Crippen LogP contribution in [0.25, 0.3) is 0 Å². The number of carbonyl (C=O) groups excluding carboxylic acids is 1. The molecule has 1 aromatic heterocycles. The van der Waals surface area contributed by atoms with Crippen molar-refractivity contribution >= 4 is 29.2 Å². The van der Waals surface area contributed by atoms with Crippen LogP contribution in [-0.2, 0) is 11.2 Å². The van der Waals surface area contributed by atoms with Crippen LogP contribution in [0.3, 0.4) is 0 Å². The summed E-state index contributed by atoms with van der Waals surface area (Å²) in [6.07, 6.45) is 7.66. The van der Waals surface area contributed by atoms with Gasteiger partial charge in [-0.25, -0.2) is 14.8 Å². The summed E-state index contributed by atoms with van der Waals surface area (Å²) in [4.78, 5) is 31.8. The molecule has 0 bridgehead atoms. The van der Waals surface area contributed by atoms with E-state index < -0.39 is 5.97 Å². The molecule has 0 aromatic carbocycles. The molecule has 2 aliphatic rings. The molecular weight excluding hydrogens is 304 g/mol. The van der Waals surface area contributed by atoms with Crippen LogP contribution in [0.5, 0.6) is 0 Å². The summed E-state index contributed by atoms with van der Waals surface area (Å²) in [6.45, 7) is 1.71. The average molecular weight is 318 g/mol. The van der Waals surface area contributed by atoms with Gasteiger partial charge in [0.2, 0.25) is 5.91 Å². The standard InChI is InChI=1S/C14H14N4O3S/c1-7-15-10(12(22-7)13(20)21)6-11(19)18-14-16-8-4-2-3-5-9(8)17-14/h2-5,8-9H,6H2,1H3,(H,20,21)(H2,16,17,18,19). The Bertz CT molecular complexity index is 720. The molecule has 2 atom stereocenters. The Morgan fingerprint density at radius 3 is 2.91 bits per heavy atom. The van der Waals surface area contributed by atoms with Crippen molar-refractivity contribution in [1.29, 1.82) is 0 Å².